The Balaban J connectivity index is 2.52. The number of hydrogen-bond acceptors (Lipinski definition) is 2. The van der Waals surface area contributed by atoms with Gasteiger partial charge in [-0.2, -0.15) is 0 Å². The van der Waals surface area contributed by atoms with Crippen LogP contribution in [0.3, 0.4) is 0 Å². The summed E-state index contributed by atoms with van der Waals surface area (Å²) in [5.74, 6) is 0.363. The minimum Gasteiger partial charge on any atom is -0.507 e. The van der Waals surface area contributed by atoms with Gasteiger partial charge in [0, 0.05) is 15.2 Å². The molecule has 0 amide bonds. The predicted octanol–water partition coefficient (Wildman–Crippen LogP) is 4.17. The molecule has 0 aliphatic rings. The molecule has 0 fully saturated rings. The van der Waals surface area contributed by atoms with Gasteiger partial charge in [-0.1, -0.05) is 22.0 Å². The molecule has 0 heterocycles. The van der Waals surface area contributed by atoms with Gasteiger partial charge >= 0.3 is 0 Å². The molecular weight excluding hydrogens is 280 g/mol. The van der Waals surface area contributed by atoms with Crippen LogP contribution in [0.5, 0.6) is 11.5 Å². The number of benzene rings is 3. The van der Waals surface area contributed by atoms with Crippen molar-refractivity contribution in [3.8, 4) is 11.5 Å². The largest absolute Gasteiger partial charge is 0.507 e. The van der Waals surface area contributed by atoms with E-state index < -0.39 is 0 Å². The molecule has 84 valence electrons. The lowest BCUT2D eigenvalue weighted by Gasteiger charge is -2.06. The molecule has 0 saturated heterocycles. The smallest absolute Gasteiger partial charge is 0.123 e. The van der Waals surface area contributed by atoms with E-state index in [1.165, 1.54) is 12.1 Å². The highest BCUT2D eigenvalue weighted by atomic mass is 79.9. The van der Waals surface area contributed by atoms with Crippen molar-refractivity contribution in [1.29, 1.82) is 0 Å². The van der Waals surface area contributed by atoms with Crippen molar-refractivity contribution < 1.29 is 10.2 Å². The van der Waals surface area contributed by atoms with Crippen LogP contribution >= 0.6 is 15.9 Å². The number of rotatable bonds is 0. The molecule has 3 heteroatoms. The molecule has 3 rings (SSSR count). The maximum atomic E-state index is 9.80. The number of fused-ring (bicyclic) bond motifs is 2. The third-order valence-corrected chi connectivity index (χ3v) is 3.38. The Morgan fingerprint density at radius 3 is 1.94 bits per heavy atom. The van der Waals surface area contributed by atoms with Crippen LogP contribution in [0.2, 0.25) is 0 Å². The van der Waals surface area contributed by atoms with Gasteiger partial charge in [-0.15, -0.1) is 0 Å². The van der Waals surface area contributed by atoms with E-state index in [-0.39, 0.29) is 11.5 Å². The van der Waals surface area contributed by atoms with Crippen LogP contribution < -0.4 is 0 Å². The van der Waals surface area contributed by atoms with E-state index in [9.17, 15) is 10.2 Å². The van der Waals surface area contributed by atoms with Gasteiger partial charge in [0.05, 0.1) is 0 Å². The summed E-state index contributed by atoms with van der Waals surface area (Å²) in [5.41, 5.74) is 0. The first-order valence-electron chi connectivity index (χ1n) is 5.19. The Kier molecular flexibility index (Phi) is 2.23. The number of phenols is 2. The van der Waals surface area contributed by atoms with E-state index in [0.717, 1.165) is 15.2 Å². The highest BCUT2D eigenvalue weighted by Crippen LogP contribution is 2.35. The van der Waals surface area contributed by atoms with E-state index in [1.807, 2.05) is 30.3 Å². The van der Waals surface area contributed by atoms with Crippen molar-refractivity contribution in [3.05, 3.63) is 46.9 Å². The van der Waals surface area contributed by atoms with Gasteiger partial charge in [-0.25, -0.2) is 0 Å². The van der Waals surface area contributed by atoms with Crippen LogP contribution in [0.4, 0.5) is 0 Å². The quantitative estimate of drug-likeness (QED) is 0.482. The minimum absolute atomic E-state index is 0.180. The van der Waals surface area contributed by atoms with Crippen molar-refractivity contribution >= 4 is 37.5 Å². The Morgan fingerprint density at radius 2 is 1.29 bits per heavy atom. The van der Waals surface area contributed by atoms with Crippen LogP contribution in [0.25, 0.3) is 21.5 Å². The molecule has 17 heavy (non-hydrogen) atoms. The van der Waals surface area contributed by atoms with Crippen LogP contribution in [0.1, 0.15) is 0 Å². The van der Waals surface area contributed by atoms with Crippen LogP contribution in [0.15, 0.2) is 46.9 Å². The van der Waals surface area contributed by atoms with E-state index in [4.69, 9.17) is 0 Å². The standard InChI is InChI=1S/C14H9BrO2/c15-10-2-1-8-6-11-12(7-9(8)5-10)14(17)4-3-13(11)16/h1-7,16-17H. The van der Waals surface area contributed by atoms with Gasteiger partial charge in [0.1, 0.15) is 11.5 Å². The molecule has 0 aromatic heterocycles. The zero-order valence-electron chi connectivity index (χ0n) is 8.81. The SMILES string of the molecule is Oc1ccc(O)c2cc3cc(Br)ccc3cc12. The first kappa shape index (κ1) is 10.4. The van der Waals surface area contributed by atoms with Crippen molar-refractivity contribution in [3.63, 3.8) is 0 Å². The van der Waals surface area contributed by atoms with Crippen LogP contribution in [0, 0.1) is 0 Å². The molecule has 3 aromatic rings. The maximum absolute atomic E-state index is 9.80. The summed E-state index contributed by atoms with van der Waals surface area (Å²) in [6, 6.07) is 12.7. The summed E-state index contributed by atoms with van der Waals surface area (Å²) in [5, 5.41) is 23.0. The fourth-order valence-corrected chi connectivity index (χ4v) is 2.41. The second-order valence-electron chi connectivity index (χ2n) is 3.99. The highest BCUT2D eigenvalue weighted by molar-refractivity contribution is 9.10. The van der Waals surface area contributed by atoms with Gasteiger partial charge in [-0.3, -0.25) is 0 Å². The molecule has 2 N–H and O–H groups in total. The topological polar surface area (TPSA) is 40.5 Å². The second kappa shape index (κ2) is 3.64. The number of hydrogen-bond donors (Lipinski definition) is 2. The average Bonchev–Trinajstić information content (AvgIpc) is 2.32. The molecule has 0 atom stereocenters. The van der Waals surface area contributed by atoms with Gasteiger partial charge in [-0.05, 0) is 47.2 Å². The van der Waals surface area contributed by atoms with Crippen LogP contribution in [-0.4, -0.2) is 10.2 Å². The van der Waals surface area contributed by atoms with E-state index >= 15 is 0 Å². The molecule has 0 bridgehead atoms. The highest BCUT2D eigenvalue weighted by Gasteiger charge is 2.06. The van der Waals surface area contributed by atoms with Gasteiger partial charge in [0.2, 0.25) is 0 Å². The van der Waals surface area contributed by atoms with E-state index in [1.54, 1.807) is 0 Å². The number of phenolic OH excluding ortho intramolecular Hbond substituents is 2. The zero-order valence-corrected chi connectivity index (χ0v) is 10.4. The summed E-state index contributed by atoms with van der Waals surface area (Å²) in [4.78, 5) is 0. The third-order valence-electron chi connectivity index (χ3n) is 2.89. The average molecular weight is 289 g/mol. The monoisotopic (exact) mass is 288 g/mol. The third kappa shape index (κ3) is 1.63. The van der Waals surface area contributed by atoms with Crippen molar-refractivity contribution in [2.45, 2.75) is 0 Å². The first-order chi connectivity index (χ1) is 8.15. The van der Waals surface area contributed by atoms with Crippen molar-refractivity contribution in [1.82, 2.24) is 0 Å². The number of halogens is 1. The molecule has 3 aromatic carbocycles. The van der Waals surface area contributed by atoms with Gasteiger partial charge in [0.25, 0.3) is 0 Å². The normalized spacial score (nSPS) is 11.1. The predicted molar refractivity (Wildman–Crippen MR) is 72.5 cm³/mol. The molecule has 0 aliphatic heterocycles. The lowest BCUT2D eigenvalue weighted by molar-refractivity contribution is 0.469. The summed E-state index contributed by atoms with van der Waals surface area (Å²) < 4.78 is 0.990. The molecule has 0 unspecified atom stereocenters. The molecule has 0 spiro atoms. The van der Waals surface area contributed by atoms with E-state index in [0.29, 0.717) is 10.8 Å². The minimum atomic E-state index is 0.180. The molecule has 0 radical (unpaired) electrons. The van der Waals surface area contributed by atoms with E-state index in [2.05, 4.69) is 15.9 Å². The Labute approximate surface area is 106 Å². The lowest BCUT2D eigenvalue weighted by Crippen LogP contribution is -1.79. The summed E-state index contributed by atoms with van der Waals surface area (Å²) in [6.45, 7) is 0. The molecule has 2 nitrogen and oxygen atoms in total. The van der Waals surface area contributed by atoms with Gasteiger partial charge < -0.3 is 10.2 Å². The molecule has 0 saturated carbocycles. The summed E-state index contributed by atoms with van der Waals surface area (Å²) in [6.07, 6.45) is 0. The summed E-state index contributed by atoms with van der Waals surface area (Å²) in [7, 11) is 0. The fraction of sp³-hybridized carbons (Fsp3) is 0. The summed E-state index contributed by atoms with van der Waals surface area (Å²) >= 11 is 3.42. The van der Waals surface area contributed by atoms with Crippen molar-refractivity contribution in [2.24, 2.45) is 0 Å². The van der Waals surface area contributed by atoms with Crippen LogP contribution in [-0.2, 0) is 0 Å². The number of aromatic hydroxyl groups is 2. The second-order valence-corrected chi connectivity index (χ2v) is 4.91. The fourth-order valence-electron chi connectivity index (χ4n) is 2.03. The first-order valence-corrected chi connectivity index (χ1v) is 5.98. The Bertz CT molecular complexity index is 735. The molecular formula is C14H9BrO2. The van der Waals surface area contributed by atoms with Gasteiger partial charge in [0.15, 0.2) is 0 Å². The molecule has 0 aliphatic carbocycles. The van der Waals surface area contributed by atoms with Crippen molar-refractivity contribution in [2.75, 3.05) is 0 Å². The Hall–Kier alpha value is -1.74. The maximum Gasteiger partial charge on any atom is 0.123 e. The Morgan fingerprint density at radius 1 is 0.706 bits per heavy atom. The zero-order chi connectivity index (χ0) is 12.0. The lowest BCUT2D eigenvalue weighted by atomic mass is 10.0.